The molecule has 9 heterocycles. The van der Waals surface area contributed by atoms with E-state index in [4.69, 9.17) is 0 Å². The van der Waals surface area contributed by atoms with E-state index in [2.05, 4.69) is 266 Å². The summed E-state index contributed by atoms with van der Waals surface area (Å²) >= 11 is 0. The van der Waals surface area contributed by atoms with Gasteiger partial charge in [0, 0.05) is 107 Å². The first-order chi connectivity index (χ1) is 59.5. The number of hydrogen-bond acceptors (Lipinski definition) is 14. The van der Waals surface area contributed by atoms with Crippen molar-refractivity contribution >= 4 is 0 Å². The lowest BCUT2D eigenvalue weighted by molar-refractivity contribution is 0.991. The van der Waals surface area contributed by atoms with Gasteiger partial charge >= 0.3 is 0 Å². The summed E-state index contributed by atoms with van der Waals surface area (Å²) in [4.78, 5) is 59.5. The van der Waals surface area contributed by atoms with Crippen LogP contribution in [0.1, 0.15) is 42.1 Å². The van der Waals surface area contributed by atoms with Crippen molar-refractivity contribution in [2.24, 2.45) is 0 Å². The van der Waals surface area contributed by atoms with E-state index in [0.717, 1.165) is 67.5 Å². The molecule has 0 fully saturated rings. The summed E-state index contributed by atoms with van der Waals surface area (Å²) in [6.07, 6.45) is 21.0. The largest absolute Gasteiger partial charge is 0.265 e. The highest BCUT2D eigenvalue weighted by atomic mass is 15.0. The lowest BCUT2D eigenvalue weighted by atomic mass is 9.95. The van der Waals surface area contributed by atoms with Crippen LogP contribution in [0, 0.1) is 34.6 Å². The van der Waals surface area contributed by atoms with Gasteiger partial charge in [-0.1, -0.05) is 250 Å². The van der Waals surface area contributed by atoms with Gasteiger partial charge in [-0.15, -0.1) is 0 Å². The summed E-state index contributed by atoms with van der Waals surface area (Å²) in [5.41, 5.74) is 29.6. The first kappa shape index (κ1) is 83.2. The Morgan fingerprint density at radius 1 is 0.165 bits per heavy atom. The molecule has 14 heteroatoms. The Morgan fingerprint density at radius 2 is 0.438 bits per heavy atom. The van der Waals surface area contributed by atoms with E-state index in [1.54, 1.807) is 24.8 Å². The number of aromatic nitrogens is 14. The fourth-order valence-electron chi connectivity index (χ4n) is 13.2. The molecule has 0 saturated heterocycles. The molecule has 0 aliphatic heterocycles. The zero-order valence-corrected chi connectivity index (χ0v) is 68.6. The van der Waals surface area contributed by atoms with E-state index < -0.39 is 0 Å². The minimum Gasteiger partial charge on any atom is -0.265 e. The SMILES string of the molecule is CC.Cc1cc(-c2ccccc2)cc(-c2ccncc2)c1.Cc1cc(-c2ccccc2)nc(-c2ccncc2)n1.Cc1cc(-c2ccccn2)cc(-c2ccccn2)c1.Cc1cc(-c2ccncc2)cc(-c2ccc(-c3ccccc3)cc2)c1.Cc1nc(-c2ccccc2)nc(-c2ccncc2)n1.c1ccc(-c2ccc(-c3ncncn3)cc2)cc1. The van der Waals surface area contributed by atoms with Crippen molar-refractivity contribution in [3.8, 4) is 146 Å². The molecule has 0 amide bonds. The maximum absolute atomic E-state index is 4.64. The zero-order chi connectivity index (χ0) is 83.6. The third kappa shape index (κ3) is 24.2. The summed E-state index contributed by atoms with van der Waals surface area (Å²) in [6, 6.07) is 118. The average Bonchev–Trinajstić information content (AvgIpc) is 0.835. The monoisotopic (exact) mass is 1570 g/mol. The van der Waals surface area contributed by atoms with Crippen molar-refractivity contribution in [1.82, 2.24) is 69.8 Å². The Kier molecular flexibility index (Phi) is 29.7. The predicted octanol–water partition coefficient (Wildman–Crippen LogP) is 25.9. The molecule has 588 valence electrons. The molecular formula is C107H90N14. The normalized spacial score (nSPS) is 10.3. The molecule has 19 aromatic rings. The Balaban J connectivity index is 0.000000125. The molecular weight excluding hydrogens is 1480 g/mol. The van der Waals surface area contributed by atoms with E-state index >= 15 is 0 Å². The predicted molar refractivity (Wildman–Crippen MR) is 493 cm³/mol. The summed E-state index contributed by atoms with van der Waals surface area (Å²) < 4.78 is 0. The van der Waals surface area contributed by atoms with Gasteiger partial charge in [0.25, 0.3) is 0 Å². The molecule has 0 aliphatic rings. The van der Waals surface area contributed by atoms with E-state index in [0.29, 0.717) is 23.3 Å². The van der Waals surface area contributed by atoms with Gasteiger partial charge in [-0.05, 0) is 227 Å². The molecule has 14 nitrogen and oxygen atoms in total. The second-order valence-corrected chi connectivity index (χ2v) is 27.8. The van der Waals surface area contributed by atoms with Crippen LogP contribution in [0.3, 0.4) is 0 Å². The number of rotatable bonds is 13. The van der Waals surface area contributed by atoms with Crippen LogP contribution < -0.4 is 0 Å². The molecule has 10 aromatic carbocycles. The molecule has 9 aromatic heterocycles. The van der Waals surface area contributed by atoms with Gasteiger partial charge < -0.3 is 0 Å². The highest BCUT2D eigenvalue weighted by Crippen LogP contribution is 2.33. The van der Waals surface area contributed by atoms with Crippen molar-refractivity contribution in [3.05, 3.63) is 449 Å². The molecule has 19 rings (SSSR count). The van der Waals surface area contributed by atoms with Crippen LogP contribution in [0.4, 0.5) is 0 Å². The van der Waals surface area contributed by atoms with Crippen LogP contribution >= 0.6 is 0 Å². The summed E-state index contributed by atoms with van der Waals surface area (Å²) in [6.45, 7) is 14.2. The fraction of sp³-hybridized carbons (Fsp3) is 0.0654. The number of aryl methyl sites for hydroxylation is 5. The Bertz CT molecular complexity index is 5530. The molecule has 0 aliphatic carbocycles. The Hall–Kier alpha value is -15.8. The molecule has 121 heavy (non-hydrogen) atoms. The van der Waals surface area contributed by atoms with E-state index in [9.17, 15) is 0 Å². The van der Waals surface area contributed by atoms with Crippen molar-refractivity contribution in [3.63, 3.8) is 0 Å². The number of pyridine rings is 6. The fourth-order valence-corrected chi connectivity index (χ4v) is 13.2. The van der Waals surface area contributed by atoms with E-state index in [1.807, 2.05) is 235 Å². The van der Waals surface area contributed by atoms with E-state index in [1.165, 1.54) is 96.1 Å². The minimum absolute atomic E-state index is 0.675. The summed E-state index contributed by atoms with van der Waals surface area (Å²) in [7, 11) is 0. The number of hydrogen-bond donors (Lipinski definition) is 0. The van der Waals surface area contributed by atoms with Crippen LogP contribution in [-0.2, 0) is 0 Å². The molecule has 0 saturated carbocycles. The zero-order valence-electron chi connectivity index (χ0n) is 68.6. The van der Waals surface area contributed by atoms with Crippen LogP contribution in [0.5, 0.6) is 0 Å². The van der Waals surface area contributed by atoms with Gasteiger partial charge in [0.1, 0.15) is 18.5 Å². The summed E-state index contributed by atoms with van der Waals surface area (Å²) in [5, 5.41) is 0. The van der Waals surface area contributed by atoms with Gasteiger partial charge in [-0.3, -0.25) is 29.9 Å². The first-order valence-corrected chi connectivity index (χ1v) is 40.0. The third-order valence-corrected chi connectivity index (χ3v) is 18.9. The van der Waals surface area contributed by atoms with Gasteiger partial charge in [-0.25, -0.2) is 39.9 Å². The van der Waals surface area contributed by atoms with Gasteiger partial charge in [0.2, 0.25) is 0 Å². The second-order valence-electron chi connectivity index (χ2n) is 27.8. The number of nitrogens with zero attached hydrogens (tertiary/aromatic N) is 14. The number of benzene rings is 10. The first-order valence-electron chi connectivity index (χ1n) is 40.0. The standard InChI is InChI=1S/C24H19N.C18H15N.C17H14N2.C16H13N3.C15H12N4.C15H11N3.C2H6/c1-18-15-23(17-24(16-18)22-11-13-25-14-12-22)21-9-7-20(8-10-21)19-5-3-2-4-6-19;1-14-11-17(15-5-3-2-4-6-15)13-18(12-14)16-7-9-19-10-8-16;1-13-10-14(16-6-2-4-8-18-16)12-15(11-13)17-7-3-5-9-19-17;1-12-11-15(13-5-3-2-4-6-13)19-16(18-12)14-7-9-17-10-8-14;1-11-17-14(12-5-3-2-4-6-12)19-15(18-11)13-7-9-16-10-8-13;1-2-4-12(5-3-1)13-6-8-14(9-7-13)15-17-10-16-11-18-15;1-2/h2-17H,1H3;2-13H,1H3;2-12H,1H3;2-11H,1H3;2-10H,1H3;1-11H;1-2H3. The maximum Gasteiger partial charge on any atom is 0.163 e. The van der Waals surface area contributed by atoms with E-state index in [-0.39, 0.29) is 0 Å². The molecule has 0 bridgehead atoms. The Morgan fingerprint density at radius 3 is 0.810 bits per heavy atom. The van der Waals surface area contributed by atoms with Gasteiger partial charge in [0.05, 0.1) is 17.1 Å². The smallest absolute Gasteiger partial charge is 0.163 e. The highest BCUT2D eigenvalue weighted by molar-refractivity contribution is 5.78. The van der Waals surface area contributed by atoms with Crippen LogP contribution in [0.2, 0.25) is 0 Å². The molecule has 0 atom stereocenters. The maximum atomic E-state index is 4.64. The van der Waals surface area contributed by atoms with Gasteiger partial charge in [0.15, 0.2) is 23.3 Å². The van der Waals surface area contributed by atoms with Crippen molar-refractivity contribution in [1.29, 1.82) is 0 Å². The van der Waals surface area contributed by atoms with Gasteiger partial charge in [-0.2, -0.15) is 0 Å². The average molecular weight is 1570 g/mol. The topological polar surface area (TPSA) is 180 Å². The minimum atomic E-state index is 0.675. The molecule has 0 N–H and O–H groups in total. The molecule has 0 spiro atoms. The van der Waals surface area contributed by atoms with Crippen molar-refractivity contribution < 1.29 is 0 Å². The quantitative estimate of drug-likeness (QED) is 0.106. The molecule has 0 unspecified atom stereocenters. The highest BCUT2D eigenvalue weighted by Gasteiger charge is 2.13. The lowest BCUT2D eigenvalue weighted by Gasteiger charge is -2.09. The second kappa shape index (κ2) is 43.2. The van der Waals surface area contributed by atoms with Crippen LogP contribution in [0.15, 0.2) is 420 Å². The summed E-state index contributed by atoms with van der Waals surface area (Å²) in [5.74, 6) is 3.51. The van der Waals surface area contributed by atoms with Crippen LogP contribution in [0.25, 0.3) is 146 Å². The molecule has 0 radical (unpaired) electrons. The Labute approximate surface area is 708 Å². The van der Waals surface area contributed by atoms with Crippen molar-refractivity contribution in [2.45, 2.75) is 48.5 Å². The van der Waals surface area contributed by atoms with Crippen LogP contribution in [-0.4, -0.2) is 69.8 Å². The van der Waals surface area contributed by atoms with Crippen molar-refractivity contribution in [2.75, 3.05) is 0 Å². The third-order valence-electron chi connectivity index (χ3n) is 18.9. The lowest BCUT2D eigenvalue weighted by Crippen LogP contribution is -1.99.